The lowest BCUT2D eigenvalue weighted by Gasteiger charge is -2.19. The summed E-state index contributed by atoms with van der Waals surface area (Å²) in [6.45, 7) is 11.5. The molecule has 11 heteroatoms. The highest BCUT2D eigenvalue weighted by Gasteiger charge is 2.29. The third kappa shape index (κ3) is 18.6. The second kappa shape index (κ2) is 28.9. The molecule has 0 saturated carbocycles. The van der Waals surface area contributed by atoms with Gasteiger partial charge in [0.15, 0.2) is 0 Å². The number of carbonyl (C=O) groups excluding carboxylic acids is 1. The van der Waals surface area contributed by atoms with Crippen LogP contribution in [0.1, 0.15) is 62.5 Å². The van der Waals surface area contributed by atoms with E-state index >= 15 is 0 Å². The van der Waals surface area contributed by atoms with Crippen LogP contribution >= 0.6 is 0 Å². The molecule has 2 aromatic rings. The van der Waals surface area contributed by atoms with Gasteiger partial charge in [0.1, 0.15) is 6.61 Å². The lowest BCUT2D eigenvalue weighted by atomic mass is 9.98. The number of amides is 1. The molecule has 0 heterocycles. The van der Waals surface area contributed by atoms with Gasteiger partial charge in [-0.1, -0.05) is 87.6 Å². The third-order valence-corrected chi connectivity index (χ3v) is 8.47. The maximum atomic E-state index is 12.6. The first-order valence-electron chi connectivity index (χ1n) is 18.9. The van der Waals surface area contributed by atoms with Crippen molar-refractivity contribution in [3.05, 3.63) is 59.7 Å². The number of likely N-dealkylation sites (N-methyl/N-ethyl adjacent to an activating group) is 1. The summed E-state index contributed by atoms with van der Waals surface area (Å²) in [6.07, 6.45) is 7.30. The lowest BCUT2D eigenvalue weighted by Crippen LogP contribution is -2.32. The minimum absolute atomic E-state index is 0.0442. The van der Waals surface area contributed by atoms with Crippen LogP contribution in [-0.2, 0) is 42.6 Å². The Balaban J connectivity index is 0.995. The monoisotopic (exact) mass is 717 g/mol. The van der Waals surface area contributed by atoms with Gasteiger partial charge in [-0.15, -0.1) is 0 Å². The summed E-state index contributed by atoms with van der Waals surface area (Å²) in [5.41, 5.74) is 4.82. The molecule has 51 heavy (non-hydrogen) atoms. The number of rotatable bonds is 33. The Morgan fingerprint density at radius 3 is 1.33 bits per heavy atom. The van der Waals surface area contributed by atoms with Crippen LogP contribution in [-0.4, -0.2) is 137 Å². The average molecular weight is 718 g/mol. The highest BCUT2D eigenvalue weighted by atomic mass is 16.6. The second-order valence-electron chi connectivity index (χ2n) is 12.4. The molecule has 0 N–H and O–H groups in total. The molecule has 1 aliphatic rings. The lowest BCUT2D eigenvalue weighted by molar-refractivity contribution is -0.0234. The van der Waals surface area contributed by atoms with Gasteiger partial charge in [0.2, 0.25) is 0 Å². The van der Waals surface area contributed by atoms with Gasteiger partial charge >= 0.3 is 6.09 Å². The van der Waals surface area contributed by atoms with Crippen LogP contribution < -0.4 is 0 Å². The number of nitrogens with zero attached hydrogens (tertiary/aromatic N) is 1. The molecule has 1 aliphatic carbocycles. The standard InChI is InChI=1S/C40H63NO10/c1-3-4-5-6-7-12-18-43-20-22-45-24-26-47-28-30-49-32-33-50-31-29-48-27-25-46-23-21-44-19-17-41(2)40(42)51-34-39-37-15-10-8-13-35(37)36-14-9-11-16-38(36)39/h8-11,13-16,39H,3-7,12,17-34H2,1-2H3. The molecule has 0 aliphatic heterocycles. The zero-order valence-corrected chi connectivity index (χ0v) is 31.2. The molecule has 0 bridgehead atoms. The zero-order valence-electron chi connectivity index (χ0n) is 31.2. The molecule has 0 spiro atoms. The maximum absolute atomic E-state index is 12.6. The quantitative estimate of drug-likeness (QED) is 0.0776. The van der Waals surface area contributed by atoms with Crippen LogP contribution in [0.2, 0.25) is 0 Å². The van der Waals surface area contributed by atoms with Crippen LogP contribution in [0.4, 0.5) is 4.79 Å². The highest BCUT2D eigenvalue weighted by Crippen LogP contribution is 2.44. The molecule has 11 nitrogen and oxygen atoms in total. The fourth-order valence-corrected chi connectivity index (χ4v) is 5.62. The van der Waals surface area contributed by atoms with E-state index in [1.54, 1.807) is 7.05 Å². The summed E-state index contributed by atoms with van der Waals surface area (Å²) in [5.74, 6) is 0.0442. The zero-order chi connectivity index (χ0) is 36.0. The summed E-state index contributed by atoms with van der Waals surface area (Å²) in [6, 6.07) is 16.6. The predicted molar refractivity (Wildman–Crippen MR) is 198 cm³/mol. The number of carbonyl (C=O) groups is 1. The van der Waals surface area contributed by atoms with Crippen molar-refractivity contribution in [2.45, 2.75) is 51.4 Å². The minimum atomic E-state index is -0.358. The molecular formula is C40H63NO10. The Labute approximate surface area is 306 Å². The maximum Gasteiger partial charge on any atom is 0.409 e. The Kier molecular flexibility index (Phi) is 24.3. The van der Waals surface area contributed by atoms with Gasteiger partial charge in [0, 0.05) is 26.1 Å². The highest BCUT2D eigenvalue weighted by molar-refractivity contribution is 5.79. The van der Waals surface area contributed by atoms with Crippen molar-refractivity contribution in [3.8, 4) is 11.1 Å². The van der Waals surface area contributed by atoms with E-state index in [0.717, 1.165) is 13.0 Å². The van der Waals surface area contributed by atoms with Crippen molar-refractivity contribution in [2.24, 2.45) is 0 Å². The largest absolute Gasteiger partial charge is 0.448 e. The van der Waals surface area contributed by atoms with E-state index < -0.39 is 0 Å². The minimum Gasteiger partial charge on any atom is -0.448 e. The summed E-state index contributed by atoms with van der Waals surface area (Å²) in [5, 5.41) is 0. The molecule has 288 valence electrons. The van der Waals surface area contributed by atoms with Gasteiger partial charge in [-0.05, 0) is 28.7 Å². The van der Waals surface area contributed by atoms with Crippen molar-refractivity contribution in [3.63, 3.8) is 0 Å². The van der Waals surface area contributed by atoms with Crippen LogP contribution in [0.15, 0.2) is 48.5 Å². The van der Waals surface area contributed by atoms with Crippen molar-refractivity contribution in [1.82, 2.24) is 4.90 Å². The summed E-state index contributed by atoms with van der Waals surface area (Å²) in [7, 11) is 1.72. The number of fused-ring (bicyclic) bond motifs is 3. The molecule has 0 saturated heterocycles. The molecule has 0 unspecified atom stereocenters. The topological polar surface area (TPSA) is 103 Å². The summed E-state index contributed by atoms with van der Waals surface area (Å²) in [4.78, 5) is 14.1. The van der Waals surface area contributed by atoms with E-state index in [2.05, 4.69) is 31.2 Å². The number of ether oxygens (including phenoxy) is 9. The normalized spacial score (nSPS) is 12.3. The van der Waals surface area contributed by atoms with E-state index in [9.17, 15) is 4.79 Å². The van der Waals surface area contributed by atoms with Gasteiger partial charge in [-0.3, -0.25) is 0 Å². The van der Waals surface area contributed by atoms with Gasteiger partial charge in [0.25, 0.3) is 0 Å². The first-order chi connectivity index (χ1) is 25.2. The third-order valence-electron chi connectivity index (χ3n) is 8.47. The van der Waals surface area contributed by atoms with Crippen LogP contribution in [0.5, 0.6) is 0 Å². The van der Waals surface area contributed by atoms with Crippen molar-refractivity contribution < 1.29 is 47.4 Å². The average Bonchev–Trinajstić information content (AvgIpc) is 3.47. The van der Waals surface area contributed by atoms with E-state index in [-0.39, 0.29) is 12.0 Å². The Hall–Kier alpha value is -2.61. The molecule has 0 fully saturated rings. The van der Waals surface area contributed by atoms with Gasteiger partial charge in [-0.2, -0.15) is 0 Å². The van der Waals surface area contributed by atoms with Gasteiger partial charge in [-0.25, -0.2) is 4.79 Å². The van der Waals surface area contributed by atoms with Crippen molar-refractivity contribution in [2.75, 3.05) is 126 Å². The number of hydrogen-bond donors (Lipinski definition) is 0. The molecule has 0 aromatic heterocycles. The molecule has 0 radical (unpaired) electrons. The van der Waals surface area contributed by atoms with Gasteiger partial charge in [0.05, 0.1) is 99.1 Å². The summed E-state index contributed by atoms with van der Waals surface area (Å²) < 4.78 is 50.0. The van der Waals surface area contributed by atoms with E-state index in [1.165, 1.54) is 59.3 Å². The number of benzene rings is 2. The van der Waals surface area contributed by atoms with Crippen LogP contribution in [0, 0.1) is 0 Å². The smallest absolute Gasteiger partial charge is 0.409 e. The van der Waals surface area contributed by atoms with Crippen molar-refractivity contribution in [1.29, 1.82) is 0 Å². The number of unbranched alkanes of at least 4 members (excludes halogenated alkanes) is 5. The predicted octanol–water partition coefficient (Wildman–Crippen LogP) is 6.36. The fraction of sp³-hybridized carbons (Fsp3) is 0.675. The Bertz CT molecular complexity index is 1110. The SMILES string of the molecule is CCCCCCCCOCCOCCOCCOCCOCCOCCOCCOCCN(C)C(=O)OCC1c2ccccc2-c2ccccc21. The van der Waals surface area contributed by atoms with E-state index in [4.69, 9.17) is 42.6 Å². The molecule has 3 rings (SSSR count). The van der Waals surface area contributed by atoms with E-state index in [1.807, 2.05) is 24.3 Å². The molecular weight excluding hydrogens is 654 g/mol. The Morgan fingerprint density at radius 2 is 0.882 bits per heavy atom. The van der Waals surface area contributed by atoms with Crippen LogP contribution in [0.25, 0.3) is 11.1 Å². The van der Waals surface area contributed by atoms with Crippen LogP contribution in [0.3, 0.4) is 0 Å². The first-order valence-corrected chi connectivity index (χ1v) is 18.9. The van der Waals surface area contributed by atoms with E-state index in [0.29, 0.717) is 112 Å². The first kappa shape index (κ1) is 42.8. The molecule has 0 atom stereocenters. The number of hydrogen-bond acceptors (Lipinski definition) is 10. The molecule has 2 aromatic carbocycles. The second-order valence-corrected chi connectivity index (χ2v) is 12.4. The van der Waals surface area contributed by atoms with Gasteiger partial charge < -0.3 is 47.5 Å². The fourth-order valence-electron chi connectivity index (χ4n) is 5.62. The van der Waals surface area contributed by atoms with Crippen molar-refractivity contribution >= 4 is 6.09 Å². The Morgan fingerprint density at radius 1 is 0.510 bits per heavy atom. The summed E-state index contributed by atoms with van der Waals surface area (Å²) >= 11 is 0. The molecule has 1 amide bonds.